The Labute approximate surface area is 146 Å². The van der Waals surface area contributed by atoms with E-state index in [9.17, 15) is 9.59 Å². The lowest BCUT2D eigenvalue weighted by Crippen LogP contribution is -2.36. The molecule has 1 atom stereocenters. The number of likely N-dealkylation sites (N-methyl/N-ethyl adjacent to an activating group) is 1. The lowest BCUT2D eigenvalue weighted by molar-refractivity contribution is -0.122. The maximum absolute atomic E-state index is 12.8. The smallest absolute Gasteiger partial charge is 0.237 e. The van der Waals surface area contributed by atoms with Gasteiger partial charge in [0.2, 0.25) is 5.91 Å². The predicted octanol–water partition coefficient (Wildman–Crippen LogP) is 4.33. The number of hydrogen-bond acceptors (Lipinski definition) is 3. The Hall–Kier alpha value is -2.88. The highest BCUT2D eigenvalue weighted by molar-refractivity contribution is 6.08. The molecule has 25 heavy (non-hydrogen) atoms. The second-order valence-corrected chi connectivity index (χ2v) is 6.79. The number of ketones is 1. The Morgan fingerprint density at radius 3 is 2.64 bits per heavy atom. The fraction of sp³-hybridized carbons (Fsp3) is 0.238. The van der Waals surface area contributed by atoms with Crippen molar-refractivity contribution in [2.45, 2.75) is 25.2 Å². The van der Waals surface area contributed by atoms with Gasteiger partial charge in [0, 0.05) is 24.5 Å². The summed E-state index contributed by atoms with van der Waals surface area (Å²) >= 11 is 0. The van der Waals surface area contributed by atoms with Crippen molar-refractivity contribution in [2.75, 3.05) is 11.9 Å². The molecule has 0 radical (unpaired) electrons. The molecule has 0 fully saturated rings. The molecule has 1 unspecified atom stereocenters. The Morgan fingerprint density at radius 2 is 1.84 bits per heavy atom. The van der Waals surface area contributed by atoms with Crippen LogP contribution in [0.1, 0.15) is 35.9 Å². The first-order valence-electron chi connectivity index (χ1n) is 8.40. The standard InChI is InChI=1S/C21H19NO3/c1-21(15-8-4-5-9-16(15)22(2)20(21)24)12-11-17(23)19-13-14-7-3-6-10-18(14)25-19/h3-10,13H,11-12H2,1-2H3. The third-order valence-corrected chi connectivity index (χ3v) is 5.19. The van der Waals surface area contributed by atoms with E-state index in [-0.39, 0.29) is 18.1 Å². The van der Waals surface area contributed by atoms with Gasteiger partial charge in [0.25, 0.3) is 0 Å². The summed E-state index contributed by atoms with van der Waals surface area (Å²) in [6, 6.07) is 17.1. The fourth-order valence-electron chi connectivity index (χ4n) is 3.68. The van der Waals surface area contributed by atoms with Crippen molar-refractivity contribution in [3.05, 3.63) is 65.9 Å². The van der Waals surface area contributed by atoms with Gasteiger partial charge in [0.05, 0.1) is 5.41 Å². The van der Waals surface area contributed by atoms with Gasteiger partial charge in [-0.15, -0.1) is 0 Å². The van der Waals surface area contributed by atoms with Gasteiger partial charge in [-0.05, 0) is 37.1 Å². The van der Waals surface area contributed by atoms with Gasteiger partial charge >= 0.3 is 0 Å². The maximum Gasteiger partial charge on any atom is 0.237 e. The van der Waals surface area contributed by atoms with Crippen molar-refractivity contribution in [1.29, 1.82) is 0 Å². The van der Waals surface area contributed by atoms with Crippen LogP contribution < -0.4 is 4.90 Å². The first kappa shape index (κ1) is 15.6. The van der Waals surface area contributed by atoms with Crippen LogP contribution in [-0.4, -0.2) is 18.7 Å². The van der Waals surface area contributed by atoms with Gasteiger partial charge in [-0.1, -0.05) is 36.4 Å². The predicted molar refractivity (Wildman–Crippen MR) is 97.0 cm³/mol. The minimum atomic E-state index is -0.674. The second-order valence-electron chi connectivity index (χ2n) is 6.79. The van der Waals surface area contributed by atoms with Crippen LogP contribution in [0.3, 0.4) is 0 Å². The maximum atomic E-state index is 12.8. The highest BCUT2D eigenvalue weighted by Crippen LogP contribution is 2.43. The third-order valence-electron chi connectivity index (χ3n) is 5.19. The number of rotatable bonds is 4. The molecule has 0 aliphatic carbocycles. The lowest BCUT2D eigenvalue weighted by Gasteiger charge is -2.22. The van der Waals surface area contributed by atoms with E-state index in [1.54, 1.807) is 18.0 Å². The first-order valence-corrected chi connectivity index (χ1v) is 8.40. The number of carbonyl (C=O) groups is 2. The molecular formula is C21H19NO3. The average Bonchev–Trinajstić information content (AvgIpc) is 3.15. The minimum absolute atomic E-state index is 0.0334. The molecule has 126 valence electrons. The Bertz CT molecular complexity index is 954. The molecule has 4 nitrogen and oxygen atoms in total. The molecule has 1 aliphatic rings. The van der Waals surface area contributed by atoms with Gasteiger partial charge in [0.15, 0.2) is 11.5 Å². The zero-order valence-electron chi connectivity index (χ0n) is 14.3. The normalized spacial score (nSPS) is 19.4. The molecule has 4 rings (SSSR count). The molecule has 0 bridgehead atoms. The fourth-order valence-corrected chi connectivity index (χ4v) is 3.68. The molecule has 4 heteroatoms. The number of carbonyl (C=O) groups excluding carboxylic acids is 2. The van der Waals surface area contributed by atoms with E-state index in [0.29, 0.717) is 17.8 Å². The van der Waals surface area contributed by atoms with Gasteiger partial charge in [-0.2, -0.15) is 0 Å². The number of amides is 1. The largest absolute Gasteiger partial charge is 0.453 e. The minimum Gasteiger partial charge on any atom is -0.453 e. The number of nitrogens with zero attached hydrogens (tertiary/aromatic N) is 1. The summed E-state index contributed by atoms with van der Waals surface area (Å²) in [6.45, 7) is 1.92. The number of fused-ring (bicyclic) bond motifs is 2. The quantitative estimate of drug-likeness (QED) is 0.668. The van der Waals surface area contributed by atoms with E-state index in [0.717, 1.165) is 16.6 Å². The van der Waals surface area contributed by atoms with Crippen LogP contribution in [0.4, 0.5) is 5.69 Å². The zero-order valence-corrected chi connectivity index (χ0v) is 14.3. The summed E-state index contributed by atoms with van der Waals surface area (Å²) in [4.78, 5) is 27.0. The van der Waals surface area contributed by atoms with Crippen LogP contribution >= 0.6 is 0 Å². The molecule has 1 amide bonds. The van der Waals surface area contributed by atoms with E-state index in [4.69, 9.17) is 4.42 Å². The Morgan fingerprint density at radius 1 is 1.12 bits per heavy atom. The molecule has 2 aromatic carbocycles. The SMILES string of the molecule is CN1C(=O)C(C)(CCC(=O)c2cc3ccccc3o2)c2ccccc21. The van der Waals surface area contributed by atoms with Crippen molar-refractivity contribution < 1.29 is 14.0 Å². The number of Topliss-reactive ketones (excluding diaryl/α,β-unsaturated/α-hetero) is 1. The summed E-state index contributed by atoms with van der Waals surface area (Å²) in [5, 5.41) is 0.916. The Kier molecular flexibility index (Phi) is 3.49. The van der Waals surface area contributed by atoms with E-state index in [1.165, 1.54) is 0 Å². The molecule has 2 heterocycles. The first-order chi connectivity index (χ1) is 12.0. The highest BCUT2D eigenvalue weighted by Gasteiger charge is 2.45. The van der Waals surface area contributed by atoms with E-state index >= 15 is 0 Å². The second kappa shape index (κ2) is 5.59. The van der Waals surface area contributed by atoms with E-state index < -0.39 is 5.41 Å². The molecule has 0 N–H and O–H groups in total. The summed E-state index contributed by atoms with van der Waals surface area (Å²) in [5.41, 5.74) is 1.94. The molecule has 0 spiro atoms. The van der Waals surface area contributed by atoms with Gasteiger partial charge < -0.3 is 9.32 Å². The van der Waals surface area contributed by atoms with Crippen LogP contribution in [0.5, 0.6) is 0 Å². The zero-order chi connectivity index (χ0) is 17.6. The van der Waals surface area contributed by atoms with Crippen molar-refractivity contribution in [3.8, 4) is 0 Å². The molecule has 3 aromatic rings. The van der Waals surface area contributed by atoms with Gasteiger partial charge in [-0.3, -0.25) is 9.59 Å². The van der Waals surface area contributed by atoms with Gasteiger partial charge in [0.1, 0.15) is 5.58 Å². The van der Waals surface area contributed by atoms with E-state index in [2.05, 4.69) is 0 Å². The molecule has 0 saturated heterocycles. The van der Waals surface area contributed by atoms with Crippen molar-refractivity contribution in [2.24, 2.45) is 0 Å². The topological polar surface area (TPSA) is 50.5 Å². The summed E-state index contributed by atoms with van der Waals surface area (Å²) in [7, 11) is 1.79. The lowest BCUT2D eigenvalue weighted by atomic mass is 9.79. The summed E-state index contributed by atoms with van der Waals surface area (Å²) < 4.78 is 5.65. The number of benzene rings is 2. The van der Waals surface area contributed by atoms with Crippen LogP contribution in [0, 0.1) is 0 Å². The third kappa shape index (κ3) is 2.37. The van der Waals surface area contributed by atoms with Crippen LogP contribution in [0.15, 0.2) is 59.0 Å². The summed E-state index contributed by atoms with van der Waals surface area (Å²) in [6.07, 6.45) is 0.729. The van der Waals surface area contributed by atoms with E-state index in [1.807, 2.05) is 55.5 Å². The highest BCUT2D eigenvalue weighted by atomic mass is 16.3. The Balaban J connectivity index is 1.58. The van der Waals surface area contributed by atoms with Crippen LogP contribution in [0.25, 0.3) is 11.0 Å². The summed E-state index contributed by atoms with van der Waals surface area (Å²) in [5.74, 6) is 0.320. The number of anilines is 1. The van der Waals surface area contributed by atoms with Crippen molar-refractivity contribution in [3.63, 3.8) is 0 Å². The average molecular weight is 333 g/mol. The van der Waals surface area contributed by atoms with Crippen LogP contribution in [0.2, 0.25) is 0 Å². The number of hydrogen-bond donors (Lipinski definition) is 0. The van der Waals surface area contributed by atoms with Crippen molar-refractivity contribution >= 4 is 28.3 Å². The van der Waals surface area contributed by atoms with Crippen molar-refractivity contribution in [1.82, 2.24) is 0 Å². The van der Waals surface area contributed by atoms with Gasteiger partial charge in [-0.25, -0.2) is 0 Å². The monoisotopic (exact) mass is 333 g/mol. The number of furan rings is 1. The molecule has 0 saturated carbocycles. The molecule has 1 aliphatic heterocycles. The van der Waals surface area contributed by atoms with Crippen LogP contribution in [-0.2, 0) is 10.2 Å². The number of para-hydroxylation sites is 2. The molecule has 1 aromatic heterocycles. The molecular weight excluding hydrogens is 314 g/mol.